The van der Waals surface area contributed by atoms with Gasteiger partial charge in [0, 0.05) is 45.0 Å². The molecule has 1 fully saturated rings. The number of halogens is 1. The van der Waals surface area contributed by atoms with Gasteiger partial charge >= 0.3 is 0 Å². The molecule has 1 saturated heterocycles. The van der Waals surface area contributed by atoms with E-state index in [9.17, 15) is 8.42 Å². The predicted octanol–water partition coefficient (Wildman–Crippen LogP) is 3.15. The second-order valence-electron chi connectivity index (χ2n) is 7.50. The van der Waals surface area contributed by atoms with E-state index in [4.69, 9.17) is 16.6 Å². The highest BCUT2D eigenvalue weighted by Gasteiger charge is 2.28. The number of aryl methyl sites for hydroxylation is 1. The lowest BCUT2D eigenvalue weighted by molar-refractivity contribution is 0.313. The zero-order chi connectivity index (χ0) is 20.8. The van der Waals surface area contributed by atoms with Crippen LogP contribution in [0.2, 0.25) is 5.02 Å². The van der Waals surface area contributed by atoms with E-state index in [1.54, 1.807) is 13.2 Å². The summed E-state index contributed by atoms with van der Waals surface area (Å²) in [6.45, 7) is 1.47. The van der Waals surface area contributed by atoms with E-state index in [1.165, 1.54) is 10.6 Å². The average molecular weight is 434 g/mol. The van der Waals surface area contributed by atoms with Crippen molar-refractivity contribution in [1.29, 1.82) is 0 Å². The van der Waals surface area contributed by atoms with Gasteiger partial charge in [-0.3, -0.25) is 0 Å². The molecule has 0 atom stereocenters. The largest absolute Gasteiger partial charge is 0.356 e. The number of sulfonamides is 1. The van der Waals surface area contributed by atoms with Crippen LogP contribution in [0.5, 0.6) is 0 Å². The van der Waals surface area contributed by atoms with Crippen LogP contribution < -0.4 is 4.90 Å². The minimum Gasteiger partial charge on any atom is -0.356 e. The number of aromatic nitrogens is 3. The van der Waals surface area contributed by atoms with Gasteiger partial charge in [0.1, 0.15) is 11.6 Å². The standard InChI is InChI=1S/C20H24ClN5O2S/c1-24-18-7-5-4-6-17(18)23-20(24)15-12-19(22-13-16(15)21)26-10-8-14(9-11-26)25(2)29(3,27)28/h4-7,12-14H,8-11H2,1-3H3. The molecule has 154 valence electrons. The Kier molecular flexibility index (Phi) is 5.27. The molecule has 7 nitrogen and oxygen atoms in total. The summed E-state index contributed by atoms with van der Waals surface area (Å²) in [6.07, 6.45) is 4.44. The molecule has 3 aromatic rings. The summed E-state index contributed by atoms with van der Waals surface area (Å²) in [5, 5.41) is 0.554. The van der Waals surface area contributed by atoms with Crippen LogP contribution in [0.15, 0.2) is 36.5 Å². The zero-order valence-corrected chi connectivity index (χ0v) is 18.3. The smallest absolute Gasteiger partial charge is 0.211 e. The van der Waals surface area contributed by atoms with Crippen LogP contribution in [0.4, 0.5) is 5.82 Å². The van der Waals surface area contributed by atoms with E-state index in [1.807, 2.05) is 41.9 Å². The van der Waals surface area contributed by atoms with Crippen LogP contribution in [0, 0.1) is 0 Å². The lowest BCUT2D eigenvalue weighted by Gasteiger charge is -2.36. The first-order valence-corrected chi connectivity index (χ1v) is 11.7. The molecule has 4 rings (SSSR count). The van der Waals surface area contributed by atoms with Gasteiger partial charge in [0.2, 0.25) is 10.0 Å². The Balaban J connectivity index is 1.60. The Morgan fingerprint density at radius 3 is 2.55 bits per heavy atom. The summed E-state index contributed by atoms with van der Waals surface area (Å²) in [5.74, 6) is 1.63. The minimum absolute atomic E-state index is 0.0212. The molecule has 2 aromatic heterocycles. The van der Waals surface area contributed by atoms with Gasteiger partial charge in [-0.25, -0.2) is 22.7 Å². The summed E-state index contributed by atoms with van der Waals surface area (Å²) in [4.78, 5) is 11.4. The van der Waals surface area contributed by atoms with Gasteiger partial charge in [-0.15, -0.1) is 0 Å². The third-order valence-corrected chi connectivity index (χ3v) is 7.34. The van der Waals surface area contributed by atoms with Gasteiger partial charge in [-0.1, -0.05) is 23.7 Å². The van der Waals surface area contributed by atoms with E-state index in [-0.39, 0.29) is 6.04 Å². The van der Waals surface area contributed by atoms with Crippen molar-refractivity contribution in [1.82, 2.24) is 18.8 Å². The minimum atomic E-state index is -3.18. The lowest BCUT2D eigenvalue weighted by atomic mass is 10.1. The SMILES string of the molecule is CN(C1CCN(c2cc(-c3nc4ccccc4n3C)c(Cl)cn2)CC1)S(C)(=O)=O. The second-order valence-corrected chi connectivity index (χ2v) is 9.95. The molecule has 0 unspecified atom stereocenters. The van der Waals surface area contributed by atoms with Gasteiger partial charge in [-0.2, -0.15) is 0 Å². The molecule has 0 radical (unpaired) electrons. The van der Waals surface area contributed by atoms with Gasteiger partial charge in [0.25, 0.3) is 0 Å². The number of pyridine rings is 1. The molecular formula is C20H24ClN5O2S. The van der Waals surface area contributed by atoms with Crippen molar-refractivity contribution in [2.24, 2.45) is 7.05 Å². The van der Waals surface area contributed by atoms with Gasteiger partial charge in [-0.05, 0) is 31.0 Å². The number of rotatable bonds is 4. The Morgan fingerprint density at radius 1 is 1.21 bits per heavy atom. The highest BCUT2D eigenvalue weighted by molar-refractivity contribution is 7.88. The number of hydrogen-bond donors (Lipinski definition) is 0. The van der Waals surface area contributed by atoms with Crippen LogP contribution in [-0.2, 0) is 17.1 Å². The normalized spacial score (nSPS) is 16.1. The molecule has 0 aliphatic carbocycles. The monoisotopic (exact) mass is 433 g/mol. The van der Waals surface area contributed by atoms with E-state index >= 15 is 0 Å². The fourth-order valence-electron chi connectivity index (χ4n) is 3.89. The Bertz CT molecular complexity index is 1150. The molecule has 0 bridgehead atoms. The molecule has 0 saturated carbocycles. The number of hydrogen-bond acceptors (Lipinski definition) is 5. The van der Waals surface area contributed by atoms with Gasteiger partial charge in [0.15, 0.2) is 0 Å². The molecule has 1 aliphatic heterocycles. The first-order valence-electron chi connectivity index (χ1n) is 9.51. The Morgan fingerprint density at radius 2 is 1.90 bits per heavy atom. The second kappa shape index (κ2) is 7.59. The summed E-state index contributed by atoms with van der Waals surface area (Å²) in [7, 11) is 0.453. The molecule has 0 amide bonds. The predicted molar refractivity (Wildman–Crippen MR) is 117 cm³/mol. The van der Waals surface area contributed by atoms with Crippen LogP contribution in [0.3, 0.4) is 0 Å². The fourth-order valence-corrected chi connectivity index (χ4v) is 4.83. The summed E-state index contributed by atoms with van der Waals surface area (Å²) in [6, 6.07) is 9.97. The van der Waals surface area contributed by atoms with E-state index in [0.717, 1.165) is 54.2 Å². The zero-order valence-electron chi connectivity index (χ0n) is 16.7. The maximum absolute atomic E-state index is 11.8. The number of nitrogens with zero attached hydrogens (tertiary/aromatic N) is 5. The van der Waals surface area contributed by atoms with Crippen LogP contribution in [-0.4, -0.2) is 59.7 Å². The molecule has 29 heavy (non-hydrogen) atoms. The van der Waals surface area contributed by atoms with E-state index in [2.05, 4.69) is 9.88 Å². The quantitative estimate of drug-likeness (QED) is 0.632. The average Bonchev–Trinajstić information content (AvgIpc) is 3.04. The van der Waals surface area contributed by atoms with Crippen molar-refractivity contribution in [2.45, 2.75) is 18.9 Å². The number of imidazole rings is 1. The van der Waals surface area contributed by atoms with Crippen molar-refractivity contribution >= 4 is 38.5 Å². The number of para-hydroxylation sites is 2. The molecule has 1 aromatic carbocycles. The first kappa shape index (κ1) is 20.1. The maximum Gasteiger partial charge on any atom is 0.211 e. The molecular weight excluding hydrogens is 410 g/mol. The Labute approximate surface area is 176 Å². The van der Waals surface area contributed by atoms with Crippen molar-refractivity contribution < 1.29 is 8.42 Å². The highest BCUT2D eigenvalue weighted by Crippen LogP contribution is 2.32. The lowest BCUT2D eigenvalue weighted by Crippen LogP contribution is -2.45. The number of benzene rings is 1. The third-order valence-electron chi connectivity index (χ3n) is 5.69. The van der Waals surface area contributed by atoms with Crippen LogP contribution in [0.1, 0.15) is 12.8 Å². The third kappa shape index (κ3) is 3.84. The molecule has 0 N–H and O–H groups in total. The van der Waals surface area contributed by atoms with Gasteiger partial charge in [0.05, 0.1) is 22.3 Å². The first-order chi connectivity index (χ1) is 13.8. The fraction of sp³-hybridized carbons (Fsp3) is 0.400. The van der Waals surface area contributed by atoms with Crippen LogP contribution >= 0.6 is 11.6 Å². The molecule has 9 heteroatoms. The van der Waals surface area contributed by atoms with E-state index in [0.29, 0.717) is 5.02 Å². The van der Waals surface area contributed by atoms with Crippen molar-refractivity contribution in [2.75, 3.05) is 31.3 Å². The summed E-state index contributed by atoms with van der Waals surface area (Å²) >= 11 is 6.48. The molecule has 3 heterocycles. The van der Waals surface area contributed by atoms with Crippen LogP contribution in [0.25, 0.3) is 22.4 Å². The molecule has 0 spiro atoms. The van der Waals surface area contributed by atoms with Crippen molar-refractivity contribution in [3.05, 3.63) is 41.6 Å². The maximum atomic E-state index is 11.8. The number of anilines is 1. The summed E-state index contributed by atoms with van der Waals surface area (Å²) in [5.41, 5.74) is 2.80. The van der Waals surface area contributed by atoms with Gasteiger partial charge < -0.3 is 9.47 Å². The number of fused-ring (bicyclic) bond motifs is 1. The van der Waals surface area contributed by atoms with Crippen molar-refractivity contribution in [3.63, 3.8) is 0 Å². The molecule has 1 aliphatic rings. The summed E-state index contributed by atoms with van der Waals surface area (Å²) < 4.78 is 27.1. The van der Waals surface area contributed by atoms with E-state index < -0.39 is 10.0 Å². The Hall–Kier alpha value is -2.16. The van der Waals surface area contributed by atoms with Crippen molar-refractivity contribution in [3.8, 4) is 11.4 Å². The highest BCUT2D eigenvalue weighted by atomic mass is 35.5. The number of piperidine rings is 1. The topological polar surface area (TPSA) is 71.3 Å².